The van der Waals surface area contributed by atoms with Crippen molar-refractivity contribution in [1.82, 2.24) is 4.90 Å². The van der Waals surface area contributed by atoms with Crippen LogP contribution in [-0.4, -0.2) is 30.6 Å². The maximum Gasteiger partial charge on any atom is 0.120 e. The van der Waals surface area contributed by atoms with Gasteiger partial charge >= 0.3 is 0 Å². The van der Waals surface area contributed by atoms with Gasteiger partial charge in [-0.2, -0.15) is 0 Å². The Hall–Kier alpha value is -1.02. The molecule has 2 nitrogen and oxygen atoms in total. The molecule has 0 radical (unpaired) electrons. The molecule has 1 aromatic carbocycles. The van der Waals surface area contributed by atoms with Gasteiger partial charge in [0.15, 0.2) is 0 Å². The van der Waals surface area contributed by atoms with Gasteiger partial charge in [-0.3, -0.25) is 4.90 Å². The molecule has 0 aliphatic carbocycles. The average molecular weight is 247 g/mol. The van der Waals surface area contributed by atoms with Gasteiger partial charge in [0.2, 0.25) is 0 Å². The van der Waals surface area contributed by atoms with Crippen LogP contribution < -0.4 is 4.74 Å². The van der Waals surface area contributed by atoms with E-state index in [0.717, 1.165) is 18.7 Å². The number of nitrogens with zero attached hydrogens (tertiary/aromatic N) is 1. The normalized spacial score (nSPS) is 20.2. The van der Waals surface area contributed by atoms with E-state index in [0.29, 0.717) is 6.10 Å². The second-order valence-electron chi connectivity index (χ2n) is 5.18. The third-order valence-electron chi connectivity index (χ3n) is 3.67. The first-order valence-corrected chi connectivity index (χ1v) is 7.29. The zero-order valence-electron chi connectivity index (χ0n) is 11.7. The Morgan fingerprint density at radius 2 is 2.22 bits per heavy atom. The summed E-state index contributed by atoms with van der Waals surface area (Å²) >= 11 is 0. The van der Waals surface area contributed by atoms with E-state index in [-0.39, 0.29) is 0 Å². The molecule has 0 amide bonds. The summed E-state index contributed by atoms with van der Waals surface area (Å²) in [5, 5.41) is 0. The molecule has 0 bridgehead atoms. The number of benzene rings is 1. The zero-order valence-corrected chi connectivity index (χ0v) is 11.7. The van der Waals surface area contributed by atoms with Gasteiger partial charge in [-0.25, -0.2) is 0 Å². The molecular formula is C16H25NO. The van der Waals surface area contributed by atoms with E-state index in [1.807, 2.05) is 0 Å². The molecule has 0 N–H and O–H groups in total. The van der Waals surface area contributed by atoms with E-state index < -0.39 is 0 Å². The lowest BCUT2D eigenvalue weighted by Gasteiger charge is -2.16. The fourth-order valence-electron chi connectivity index (χ4n) is 2.51. The largest absolute Gasteiger partial charge is 0.489 e. The van der Waals surface area contributed by atoms with Crippen molar-refractivity contribution < 1.29 is 4.74 Å². The molecule has 18 heavy (non-hydrogen) atoms. The molecule has 1 unspecified atom stereocenters. The molecule has 1 heterocycles. The lowest BCUT2D eigenvalue weighted by atomic mass is 10.1. The highest BCUT2D eigenvalue weighted by atomic mass is 16.5. The van der Waals surface area contributed by atoms with Crippen LogP contribution in [0.3, 0.4) is 0 Å². The van der Waals surface area contributed by atoms with Crippen LogP contribution in [-0.2, 0) is 6.42 Å². The lowest BCUT2D eigenvalue weighted by molar-refractivity contribution is 0.199. The van der Waals surface area contributed by atoms with Crippen molar-refractivity contribution in [2.24, 2.45) is 0 Å². The predicted octanol–water partition coefficient (Wildman–Crippen LogP) is 3.50. The molecule has 1 atom stereocenters. The quantitative estimate of drug-likeness (QED) is 0.763. The standard InChI is InChI=1S/C16H25NO/c1-3-5-10-17-11-9-16(13-17)18-15-8-6-7-14(4-2)12-15/h6-8,12,16H,3-5,9-11,13H2,1-2H3. The van der Waals surface area contributed by atoms with Gasteiger partial charge in [0.25, 0.3) is 0 Å². The van der Waals surface area contributed by atoms with Crippen LogP contribution in [0, 0.1) is 0 Å². The zero-order chi connectivity index (χ0) is 12.8. The van der Waals surface area contributed by atoms with E-state index in [1.54, 1.807) is 0 Å². The highest BCUT2D eigenvalue weighted by Crippen LogP contribution is 2.20. The van der Waals surface area contributed by atoms with E-state index >= 15 is 0 Å². The van der Waals surface area contributed by atoms with Gasteiger partial charge in [0.05, 0.1) is 0 Å². The van der Waals surface area contributed by atoms with Crippen LogP contribution in [0.2, 0.25) is 0 Å². The third-order valence-corrected chi connectivity index (χ3v) is 3.67. The van der Waals surface area contributed by atoms with Gasteiger partial charge in [-0.15, -0.1) is 0 Å². The second-order valence-corrected chi connectivity index (χ2v) is 5.18. The van der Waals surface area contributed by atoms with Crippen LogP contribution in [0.4, 0.5) is 0 Å². The number of rotatable bonds is 6. The summed E-state index contributed by atoms with van der Waals surface area (Å²) in [7, 11) is 0. The SMILES string of the molecule is CCCCN1CCC(Oc2cccc(CC)c2)C1. The monoisotopic (exact) mass is 247 g/mol. The Labute approximate surface area is 111 Å². The van der Waals surface area contributed by atoms with E-state index in [1.165, 1.54) is 37.9 Å². The number of aryl methyl sites for hydroxylation is 1. The number of likely N-dealkylation sites (tertiary alicyclic amines) is 1. The van der Waals surface area contributed by atoms with Gasteiger partial charge in [-0.05, 0) is 43.5 Å². The number of hydrogen-bond acceptors (Lipinski definition) is 2. The number of ether oxygens (including phenoxy) is 1. The Kier molecular flexibility index (Phi) is 5.06. The van der Waals surface area contributed by atoms with Crippen molar-refractivity contribution in [2.75, 3.05) is 19.6 Å². The first kappa shape index (κ1) is 13.4. The molecule has 0 spiro atoms. The fraction of sp³-hybridized carbons (Fsp3) is 0.625. The van der Waals surface area contributed by atoms with Crippen molar-refractivity contribution >= 4 is 0 Å². The van der Waals surface area contributed by atoms with Gasteiger partial charge < -0.3 is 4.74 Å². The van der Waals surface area contributed by atoms with Crippen molar-refractivity contribution in [2.45, 2.75) is 45.6 Å². The Morgan fingerprint density at radius 3 is 3.00 bits per heavy atom. The molecule has 100 valence electrons. The van der Waals surface area contributed by atoms with Crippen LogP contribution >= 0.6 is 0 Å². The van der Waals surface area contributed by atoms with Crippen LogP contribution in [0.15, 0.2) is 24.3 Å². The van der Waals surface area contributed by atoms with Crippen molar-refractivity contribution in [3.05, 3.63) is 29.8 Å². The minimum atomic E-state index is 0.383. The van der Waals surface area contributed by atoms with E-state index in [4.69, 9.17) is 4.74 Å². The Bertz CT molecular complexity index is 364. The maximum absolute atomic E-state index is 6.09. The van der Waals surface area contributed by atoms with Crippen molar-refractivity contribution in [3.63, 3.8) is 0 Å². The van der Waals surface area contributed by atoms with Gasteiger partial charge in [-0.1, -0.05) is 32.4 Å². The second kappa shape index (κ2) is 6.79. The molecule has 2 heteroatoms. The van der Waals surface area contributed by atoms with Gasteiger partial charge in [0, 0.05) is 13.1 Å². The molecule has 0 aromatic heterocycles. The number of hydrogen-bond donors (Lipinski definition) is 0. The molecule has 1 aliphatic rings. The first-order valence-electron chi connectivity index (χ1n) is 7.29. The summed E-state index contributed by atoms with van der Waals surface area (Å²) in [6.45, 7) is 7.95. The Morgan fingerprint density at radius 1 is 1.33 bits per heavy atom. The molecular weight excluding hydrogens is 222 g/mol. The van der Waals surface area contributed by atoms with E-state index in [2.05, 4.69) is 43.0 Å². The smallest absolute Gasteiger partial charge is 0.120 e. The summed E-state index contributed by atoms with van der Waals surface area (Å²) in [5.74, 6) is 1.04. The summed E-state index contributed by atoms with van der Waals surface area (Å²) in [6.07, 6.45) is 5.21. The van der Waals surface area contributed by atoms with Crippen molar-refractivity contribution in [1.29, 1.82) is 0 Å². The van der Waals surface area contributed by atoms with Gasteiger partial charge in [0.1, 0.15) is 11.9 Å². The summed E-state index contributed by atoms with van der Waals surface area (Å²) < 4.78 is 6.09. The van der Waals surface area contributed by atoms with Crippen molar-refractivity contribution in [3.8, 4) is 5.75 Å². The summed E-state index contributed by atoms with van der Waals surface area (Å²) in [6, 6.07) is 8.51. The predicted molar refractivity (Wildman–Crippen MR) is 76.2 cm³/mol. The minimum absolute atomic E-state index is 0.383. The molecule has 1 aliphatic heterocycles. The fourth-order valence-corrected chi connectivity index (χ4v) is 2.51. The highest BCUT2D eigenvalue weighted by Gasteiger charge is 2.23. The first-order chi connectivity index (χ1) is 8.81. The molecule has 2 rings (SSSR count). The summed E-state index contributed by atoms with van der Waals surface area (Å²) in [4.78, 5) is 2.53. The van der Waals surface area contributed by atoms with Crippen LogP contribution in [0.1, 0.15) is 38.7 Å². The molecule has 1 saturated heterocycles. The topological polar surface area (TPSA) is 12.5 Å². The number of unbranched alkanes of at least 4 members (excludes halogenated alkanes) is 1. The lowest BCUT2D eigenvalue weighted by Crippen LogP contribution is -2.25. The third kappa shape index (κ3) is 3.74. The van der Waals surface area contributed by atoms with Crippen LogP contribution in [0.5, 0.6) is 5.75 Å². The highest BCUT2D eigenvalue weighted by molar-refractivity contribution is 5.28. The molecule has 0 saturated carbocycles. The minimum Gasteiger partial charge on any atom is -0.489 e. The molecule has 1 fully saturated rings. The van der Waals surface area contributed by atoms with E-state index in [9.17, 15) is 0 Å². The van der Waals surface area contributed by atoms with Crippen LogP contribution in [0.25, 0.3) is 0 Å². The average Bonchev–Trinajstić information content (AvgIpc) is 2.84. The molecule has 1 aromatic rings. The maximum atomic E-state index is 6.09. The summed E-state index contributed by atoms with van der Waals surface area (Å²) in [5.41, 5.74) is 1.35. The Balaban J connectivity index is 1.83.